The second-order valence-corrected chi connectivity index (χ2v) is 6.87. The molecule has 20 heavy (non-hydrogen) atoms. The first-order chi connectivity index (χ1) is 9.50. The minimum absolute atomic E-state index is 0.357. The summed E-state index contributed by atoms with van der Waals surface area (Å²) in [6.07, 6.45) is 2.19. The van der Waals surface area contributed by atoms with Gasteiger partial charge in [-0.2, -0.15) is 0 Å². The number of hydrogen-bond donors (Lipinski definition) is 1. The van der Waals surface area contributed by atoms with E-state index in [-0.39, 0.29) is 0 Å². The molecule has 1 N–H and O–H groups in total. The molecule has 0 saturated heterocycles. The third-order valence-corrected chi connectivity index (χ3v) is 4.30. The van der Waals surface area contributed by atoms with Crippen molar-refractivity contribution in [2.24, 2.45) is 0 Å². The van der Waals surface area contributed by atoms with Gasteiger partial charge in [0, 0.05) is 6.26 Å². The topological polar surface area (TPSA) is 46.2 Å². The molecule has 0 bridgehead atoms. The standard InChI is InChI=1S/C16H19NO2S/c1-17-10-9-13-5-3-6-14(11-13)15-7-4-8-16(12-15)20(2,18)19/h3-8,11-12,17H,9-10H2,1-2H3. The first-order valence-electron chi connectivity index (χ1n) is 6.55. The van der Waals surface area contributed by atoms with Gasteiger partial charge >= 0.3 is 0 Å². The Morgan fingerprint density at radius 3 is 2.30 bits per heavy atom. The minimum Gasteiger partial charge on any atom is -0.319 e. The molecule has 2 aromatic carbocycles. The van der Waals surface area contributed by atoms with Gasteiger partial charge in [0.15, 0.2) is 9.84 Å². The van der Waals surface area contributed by atoms with Crippen LogP contribution in [0.2, 0.25) is 0 Å². The van der Waals surface area contributed by atoms with Crippen molar-refractivity contribution in [3.8, 4) is 11.1 Å². The summed E-state index contributed by atoms with van der Waals surface area (Å²) in [5.74, 6) is 0. The van der Waals surface area contributed by atoms with Crippen molar-refractivity contribution in [2.45, 2.75) is 11.3 Å². The molecule has 0 heterocycles. The summed E-state index contributed by atoms with van der Waals surface area (Å²) in [4.78, 5) is 0.357. The maximum atomic E-state index is 11.6. The summed E-state index contributed by atoms with van der Waals surface area (Å²) >= 11 is 0. The molecule has 0 aliphatic rings. The molecule has 2 rings (SSSR count). The third-order valence-electron chi connectivity index (χ3n) is 3.19. The highest BCUT2D eigenvalue weighted by Gasteiger charge is 2.08. The van der Waals surface area contributed by atoms with Gasteiger partial charge in [-0.05, 0) is 48.8 Å². The van der Waals surface area contributed by atoms with Gasteiger partial charge in [0.25, 0.3) is 0 Å². The molecule has 0 atom stereocenters. The number of nitrogens with one attached hydrogen (secondary N) is 1. The average Bonchev–Trinajstić information content (AvgIpc) is 2.45. The second-order valence-electron chi connectivity index (χ2n) is 4.85. The maximum absolute atomic E-state index is 11.6. The lowest BCUT2D eigenvalue weighted by Gasteiger charge is -2.07. The number of likely N-dealkylation sites (N-methyl/N-ethyl adjacent to an activating group) is 1. The van der Waals surface area contributed by atoms with E-state index in [1.54, 1.807) is 18.2 Å². The number of hydrogen-bond acceptors (Lipinski definition) is 3. The molecule has 0 unspecified atom stereocenters. The number of benzene rings is 2. The third kappa shape index (κ3) is 3.68. The zero-order chi connectivity index (χ0) is 14.6. The average molecular weight is 289 g/mol. The molecule has 0 aliphatic heterocycles. The highest BCUT2D eigenvalue weighted by molar-refractivity contribution is 7.90. The lowest BCUT2D eigenvalue weighted by molar-refractivity contribution is 0.602. The lowest BCUT2D eigenvalue weighted by Crippen LogP contribution is -2.10. The summed E-state index contributed by atoms with van der Waals surface area (Å²) in [5.41, 5.74) is 3.21. The fourth-order valence-corrected chi connectivity index (χ4v) is 2.75. The van der Waals surface area contributed by atoms with Gasteiger partial charge in [0.1, 0.15) is 0 Å². The van der Waals surface area contributed by atoms with E-state index in [2.05, 4.69) is 17.4 Å². The first kappa shape index (κ1) is 14.8. The van der Waals surface area contributed by atoms with Gasteiger partial charge in [-0.3, -0.25) is 0 Å². The molecule has 4 heteroatoms. The molecular weight excluding hydrogens is 270 g/mol. The molecule has 0 saturated carbocycles. The Morgan fingerprint density at radius 2 is 1.65 bits per heavy atom. The highest BCUT2D eigenvalue weighted by Crippen LogP contribution is 2.23. The molecule has 0 spiro atoms. The van der Waals surface area contributed by atoms with Crippen LogP contribution in [0.5, 0.6) is 0 Å². The van der Waals surface area contributed by atoms with Crippen LogP contribution < -0.4 is 5.32 Å². The van der Waals surface area contributed by atoms with Crippen molar-refractivity contribution in [1.29, 1.82) is 0 Å². The fraction of sp³-hybridized carbons (Fsp3) is 0.250. The van der Waals surface area contributed by atoms with E-state index in [4.69, 9.17) is 0 Å². The Bertz CT molecular complexity index is 693. The molecule has 0 amide bonds. The van der Waals surface area contributed by atoms with E-state index in [1.165, 1.54) is 11.8 Å². The molecule has 0 aliphatic carbocycles. The Labute approximate surface area is 120 Å². The minimum atomic E-state index is -3.17. The van der Waals surface area contributed by atoms with E-state index in [9.17, 15) is 8.42 Å². The highest BCUT2D eigenvalue weighted by atomic mass is 32.2. The Morgan fingerprint density at radius 1 is 1.00 bits per heavy atom. The predicted octanol–water partition coefficient (Wildman–Crippen LogP) is 2.52. The SMILES string of the molecule is CNCCc1cccc(-c2cccc(S(C)(=O)=O)c2)c1. The van der Waals surface area contributed by atoms with Crippen LogP contribution >= 0.6 is 0 Å². The molecule has 0 radical (unpaired) electrons. The summed E-state index contributed by atoms with van der Waals surface area (Å²) < 4.78 is 23.2. The fourth-order valence-electron chi connectivity index (χ4n) is 2.08. The van der Waals surface area contributed by atoms with Gasteiger partial charge < -0.3 is 5.32 Å². The summed E-state index contributed by atoms with van der Waals surface area (Å²) in [7, 11) is -1.24. The first-order valence-corrected chi connectivity index (χ1v) is 8.44. The predicted molar refractivity (Wildman–Crippen MR) is 82.6 cm³/mol. The van der Waals surface area contributed by atoms with Crippen molar-refractivity contribution in [2.75, 3.05) is 19.8 Å². The van der Waals surface area contributed by atoms with E-state index in [0.29, 0.717) is 4.90 Å². The van der Waals surface area contributed by atoms with Gasteiger partial charge in [-0.15, -0.1) is 0 Å². The Hall–Kier alpha value is -1.65. The van der Waals surface area contributed by atoms with E-state index in [0.717, 1.165) is 24.1 Å². The number of rotatable bonds is 5. The maximum Gasteiger partial charge on any atom is 0.175 e. The summed E-state index contributed by atoms with van der Waals surface area (Å²) in [5, 5.41) is 3.13. The van der Waals surface area contributed by atoms with Crippen molar-refractivity contribution in [1.82, 2.24) is 5.32 Å². The second kappa shape index (κ2) is 6.20. The molecule has 0 fully saturated rings. The molecular formula is C16H19NO2S. The van der Waals surface area contributed by atoms with Crippen LogP contribution in [0.4, 0.5) is 0 Å². The monoisotopic (exact) mass is 289 g/mol. The van der Waals surface area contributed by atoms with Crippen LogP contribution in [0.1, 0.15) is 5.56 Å². The van der Waals surface area contributed by atoms with Crippen molar-refractivity contribution in [3.63, 3.8) is 0 Å². The molecule has 0 aromatic heterocycles. The normalized spacial score (nSPS) is 11.5. The van der Waals surface area contributed by atoms with E-state index < -0.39 is 9.84 Å². The van der Waals surface area contributed by atoms with Crippen LogP contribution in [-0.2, 0) is 16.3 Å². The summed E-state index contributed by atoms with van der Waals surface area (Å²) in [6, 6.07) is 15.3. The van der Waals surface area contributed by atoms with Crippen molar-refractivity contribution >= 4 is 9.84 Å². The zero-order valence-electron chi connectivity index (χ0n) is 11.8. The largest absolute Gasteiger partial charge is 0.319 e. The quantitative estimate of drug-likeness (QED) is 0.920. The van der Waals surface area contributed by atoms with E-state index >= 15 is 0 Å². The van der Waals surface area contributed by atoms with E-state index in [1.807, 2.05) is 25.2 Å². The lowest BCUT2D eigenvalue weighted by atomic mass is 10.0. The molecule has 2 aromatic rings. The van der Waals surface area contributed by atoms with Gasteiger partial charge in [0.2, 0.25) is 0 Å². The van der Waals surface area contributed by atoms with Gasteiger partial charge in [0.05, 0.1) is 4.90 Å². The molecule has 3 nitrogen and oxygen atoms in total. The van der Waals surface area contributed by atoms with Crippen molar-refractivity contribution < 1.29 is 8.42 Å². The van der Waals surface area contributed by atoms with Crippen LogP contribution in [0.25, 0.3) is 11.1 Å². The zero-order valence-corrected chi connectivity index (χ0v) is 12.6. The van der Waals surface area contributed by atoms with Crippen LogP contribution in [0.15, 0.2) is 53.4 Å². The Kier molecular flexibility index (Phi) is 4.57. The van der Waals surface area contributed by atoms with Crippen LogP contribution in [0.3, 0.4) is 0 Å². The van der Waals surface area contributed by atoms with Crippen LogP contribution in [-0.4, -0.2) is 28.3 Å². The van der Waals surface area contributed by atoms with Crippen LogP contribution in [0, 0.1) is 0 Å². The van der Waals surface area contributed by atoms with Crippen molar-refractivity contribution in [3.05, 3.63) is 54.1 Å². The smallest absolute Gasteiger partial charge is 0.175 e. The summed E-state index contributed by atoms with van der Waals surface area (Å²) in [6.45, 7) is 0.923. The van der Waals surface area contributed by atoms with Gasteiger partial charge in [-0.1, -0.05) is 36.4 Å². The van der Waals surface area contributed by atoms with Gasteiger partial charge in [-0.25, -0.2) is 8.42 Å². The molecule has 106 valence electrons. The number of sulfone groups is 1. The Balaban J connectivity index is 2.36.